The Morgan fingerprint density at radius 3 is 2.95 bits per heavy atom. The molecule has 1 heterocycles. The average Bonchev–Trinajstić information content (AvgIpc) is 3.02. The maximum absolute atomic E-state index is 5.72. The Hall–Kier alpha value is -1.85. The first-order chi connectivity index (χ1) is 10.4. The lowest BCUT2D eigenvalue weighted by molar-refractivity contribution is 0.145. The van der Waals surface area contributed by atoms with Crippen LogP contribution < -0.4 is 10.1 Å². The summed E-state index contributed by atoms with van der Waals surface area (Å²) in [4.78, 5) is 4.03. The van der Waals surface area contributed by atoms with Crippen molar-refractivity contribution in [3.63, 3.8) is 0 Å². The topological polar surface area (TPSA) is 48.3 Å². The van der Waals surface area contributed by atoms with Gasteiger partial charge in [-0.2, -0.15) is 0 Å². The van der Waals surface area contributed by atoms with Gasteiger partial charge in [-0.1, -0.05) is 18.2 Å². The number of ether oxygens (including phenoxy) is 2. The van der Waals surface area contributed by atoms with Crippen molar-refractivity contribution in [2.75, 3.05) is 26.9 Å². The predicted molar refractivity (Wildman–Crippen MR) is 82.4 cm³/mol. The van der Waals surface area contributed by atoms with Crippen molar-refractivity contribution in [1.82, 2.24) is 14.9 Å². The maximum Gasteiger partial charge on any atom is 0.123 e. The summed E-state index contributed by atoms with van der Waals surface area (Å²) < 4.78 is 12.8. The Bertz CT molecular complexity index is 500. The summed E-state index contributed by atoms with van der Waals surface area (Å²) in [5.41, 5.74) is 1.18. The number of nitrogens with zero attached hydrogens (tertiary/aromatic N) is 2. The highest BCUT2D eigenvalue weighted by Gasteiger charge is 2.02. The second-order valence-electron chi connectivity index (χ2n) is 4.78. The monoisotopic (exact) mass is 289 g/mol. The third-order valence-corrected chi connectivity index (χ3v) is 3.16. The molecule has 0 aliphatic rings. The van der Waals surface area contributed by atoms with Gasteiger partial charge in [0.05, 0.1) is 12.9 Å². The van der Waals surface area contributed by atoms with E-state index in [0.717, 1.165) is 31.8 Å². The van der Waals surface area contributed by atoms with Crippen molar-refractivity contribution in [2.24, 2.45) is 0 Å². The van der Waals surface area contributed by atoms with E-state index in [1.165, 1.54) is 5.56 Å². The summed E-state index contributed by atoms with van der Waals surface area (Å²) in [7, 11) is 1.68. The number of hydrogen-bond donors (Lipinski definition) is 1. The Labute approximate surface area is 125 Å². The summed E-state index contributed by atoms with van der Waals surface area (Å²) in [6.45, 7) is 3.94. The van der Waals surface area contributed by atoms with Crippen molar-refractivity contribution in [3.8, 4) is 5.75 Å². The third-order valence-electron chi connectivity index (χ3n) is 3.16. The van der Waals surface area contributed by atoms with E-state index in [2.05, 4.69) is 20.9 Å². The van der Waals surface area contributed by atoms with Crippen molar-refractivity contribution in [1.29, 1.82) is 0 Å². The predicted octanol–water partition coefficient (Wildman–Crippen LogP) is 2.09. The van der Waals surface area contributed by atoms with E-state index in [-0.39, 0.29) is 0 Å². The molecule has 5 heteroatoms. The van der Waals surface area contributed by atoms with Crippen LogP contribution in [0.2, 0.25) is 0 Å². The molecule has 5 nitrogen and oxygen atoms in total. The van der Waals surface area contributed by atoms with E-state index in [4.69, 9.17) is 9.47 Å². The minimum Gasteiger partial charge on any atom is -0.491 e. The van der Waals surface area contributed by atoms with Crippen LogP contribution in [0, 0.1) is 0 Å². The van der Waals surface area contributed by atoms with Gasteiger partial charge in [0.15, 0.2) is 0 Å². The molecule has 0 saturated carbocycles. The van der Waals surface area contributed by atoms with Crippen LogP contribution >= 0.6 is 0 Å². The van der Waals surface area contributed by atoms with Gasteiger partial charge in [0.1, 0.15) is 12.4 Å². The molecule has 0 aliphatic heterocycles. The molecule has 1 N–H and O–H groups in total. The van der Waals surface area contributed by atoms with Gasteiger partial charge in [0.2, 0.25) is 0 Å². The van der Waals surface area contributed by atoms with Crippen LogP contribution in [0.3, 0.4) is 0 Å². The summed E-state index contributed by atoms with van der Waals surface area (Å²) >= 11 is 0. The Morgan fingerprint density at radius 1 is 1.24 bits per heavy atom. The van der Waals surface area contributed by atoms with Gasteiger partial charge in [-0.3, -0.25) is 0 Å². The van der Waals surface area contributed by atoms with Gasteiger partial charge in [-0.15, -0.1) is 0 Å². The Kier molecular flexibility index (Phi) is 6.77. The molecule has 0 radical (unpaired) electrons. The SMILES string of the molecule is COCCOc1ccccc1CNCCCn1ccnc1. The molecule has 21 heavy (non-hydrogen) atoms. The number of nitrogens with one attached hydrogen (secondary N) is 1. The first kappa shape index (κ1) is 15.5. The van der Waals surface area contributed by atoms with E-state index >= 15 is 0 Å². The summed E-state index contributed by atoms with van der Waals surface area (Å²) in [6, 6.07) is 8.11. The first-order valence-electron chi connectivity index (χ1n) is 7.26. The van der Waals surface area contributed by atoms with E-state index in [1.807, 2.05) is 30.7 Å². The first-order valence-corrected chi connectivity index (χ1v) is 7.26. The van der Waals surface area contributed by atoms with E-state index in [1.54, 1.807) is 13.3 Å². The zero-order valence-electron chi connectivity index (χ0n) is 12.5. The number of imidazole rings is 1. The molecule has 0 atom stereocenters. The number of methoxy groups -OCH3 is 1. The van der Waals surface area contributed by atoms with Crippen molar-refractivity contribution >= 4 is 0 Å². The quantitative estimate of drug-likeness (QED) is 0.680. The zero-order chi connectivity index (χ0) is 14.8. The molecular formula is C16H23N3O2. The number of hydrogen-bond acceptors (Lipinski definition) is 4. The van der Waals surface area contributed by atoms with Gasteiger partial charge in [0.25, 0.3) is 0 Å². The molecule has 114 valence electrons. The van der Waals surface area contributed by atoms with Crippen LogP contribution in [-0.2, 0) is 17.8 Å². The van der Waals surface area contributed by atoms with Crippen molar-refractivity contribution in [2.45, 2.75) is 19.5 Å². The van der Waals surface area contributed by atoms with Crippen LogP contribution in [0.1, 0.15) is 12.0 Å². The van der Waals surface area contributed by atoms with Crippen LogP contribution in [0.15, 0.2) is 43.0 Å². The number of aromatic nitrogens is 2. The lowest BCUT2D eigenvalue weighted by Crippen LogP contribution is -2.17. The fourth-order valence-electron chi connectivity index (χ4n) is 2.05. The highest BCUT2D eigenvalue weighted by atomic mass is 16.5. The van der Waals surface area contributed by atoms with Gasteiger partial charge < -0.3 is 19.4 Å². The molecule has 2 aromatic rings. The van der Waals surface area contributed by atoms with Crippen molar-refractivity contribution < 1.29 is 9.47 Å². The molecule has 2 rings (SSSR count). The number of para-hydroxylation sites is 1. The summed E-state index contributed by atoms with van der Waals surface area (Å²) in [5, 5.41) is 3.45. The van der Waals surface area contributed by atoms with Crippen LogP contribution in [-0.4, -0.2) is 36.4 Å². The third kappa shape index (κ3) is 5.57. The van der Waals surface area contributed by atoms with Gasteiger partial charge >= 0.3 is 0 Å². The molecule has 0 saturated heterocycles. The molecule has 0 spiro atoms. The van der Waals surface area contributed by atoms with Crippen LogP contribution in [0.4, 0.5) is 0 Å². The molecule has 1 aromatic carbocycles. The second-order valence-corrected chi connectivity index (χ2v) is 4.78. The van der Waals surface area contributed by atoms with Gasteiger partial charge in [0, 0.05) is 38.2 Å². The fourth-order valence-corrected chi connectivity index (χ4v) is 2.05. The van der Waals surface area contributed by atoms with E-state index in [0.29, 0.717) is 13.2 Å². The van der Waals surface area contributed by atoms with E-state index in [9.17, 15) is 0 Å². The van der Waals surface area contributed by atoms with Crippen molar-refractivity contribution in [3.05, 3.63) is 48.5 Å². The standard InChI is InChI=1S/C16H23N3O2/c1-20-11-12-21-16-6-3-2-5-15(16)13-17-7-4-9-19-10-8-18-14-19/h2-3,5-6,8,10,14,17H,4,7,9,11-13H2,1H3. The second kappa shape index (κ2) is 9.15. The van der Waals surface area contributed by atoms with E-state index < -0.39 is 0 Å². The smallest absolute Gasteiger partial charge is 0.123 e. The lowest BCUT2D eigenvalue weighted by atomic mass is 10.2. The number of aryl methyl sites for hydroxylation is 1. The lowest BCUT2D eigenvalue weighted by Gasteiger charge is -2.12. The molecule has 0 amide bonds. The van der Waals surface area contributed by atoms with Gasteiger partial charge in [-0.25, -0.2) is 4.98 Å². The molecule has 0 fully saturated rings. The summed E-state index contributed by atoms with van der Waals surface area (Å²) in [5.74, 6) is 0.927. The number of benzene rings is 1. The molecule has 0 unspecified atom stereocenters. The van der Waals surface area contributed by atoms with Crippen LogP contribution in [0.5, 0.6) is 5.75 Å². The summed E-state index contributed by atoms with van der Waals surface area (Å²) in [6.07, 6.45) is 6.71. The molecule has 1 aromatic heterocycles. The molecular weight excluding hydrogens is 266 g/mol. The minimum absolute atomic E-state index is 0.578. The zero-order valence-corrected chi connectivity index (χ0v) is 12.5. The average molecular weight is 289 g/mol. The molecule has 0 bridgehead atoms. The normalized spacial score (nSPS) is 10.7. The highest BCUT2D eigenvalue weighted by Crippen LogP contribution is 2.17. The van der Waals surface area contributed by atoms with Crippen LogP contribution in [0.25, 0.3) is 0 Å². The molecule has 0 aliphatic carbocycles. The Morgan fingerprint density at radius 2 is 2.14 bits per heavy atom. The highest BCUT2D eigenvalue weighted by molar-refractivity contribution is 5.33. The van der Waals surface area contributed by atoms with Gasteiger partial charge in [-0.05, 0) is 19.0 Å². The Balaban J connectivity index is 1.69. The largest absolute Gasteiger partial charge is 0.491 e. The maximum atomic E-state index is 5.72. The number of rotatable bonds is 10. The minimum atomic E-state index is 0.578. The fraction of sp³-hybridized carbons (Fsp3) is 0.438.